The molecular weight excluding hydrogens is 288 g/mol. The Morgan fingerprint density at radius 2 is 2.05 bits per heavy atom. The van der Waals surface area contributed by atoms with Gasteiger partial charge in [0.05, 0.1) is 0 Å². The summed E-state index contributed by atoms with van der Waals surface area (Å²) in [6, 6.07) is 5.18. The number of hydrogen-bond acceptors (Lipinski definition) is 3. The van der Waals surface area contributed by atoms with Crippen LogP contribution in [-0.4, -0.2) is 18.1 Å². The molecule has 1 aromatic rings. The van der Waals surface area contributed by atoms with Gasteiger partial charge in [-0.05, 0) is 45.4 Å². The van der Waals surface area contributed by atoms with Crippen LogP contribution in [0, 0.1) is 0 Å². The molecular formula is C16H25ClN2O2. The van der Waals surface area contributed by atoms with Crippen LogP contribution in [0.2, 0.25) is 5.02 Å². The second-order valence-electron chi connectivity index (χ2n) is 5.43. The summed E-state index contributed by atoms with van der Waals surface area (Å²) in [7, 11) is 0. The SMILES string of the molecule is CCCC(C)NC(=O)C(C)Oc1ccc(Cl)cc1[C@@H](C)N. The van der Waals surface area contributed by atoms with E-state index in [9.17, 15) is 4.79 Å². The second kappa shape index (κ2) is 8.25. The van der Waals surface area contributed by atoms with E-state index in [1.165, 1.54) is 0 Å². The van der Waals surface area contributed by atoms with E-state index in [-0.39, 0.29) is 18.0 Å². The molecule has 0 heterocycles. The van der Waals surface area contributed by atoms with E-state index >= 15 is 0 Å². The summed E-state index contributed by atoms with van der Waals surface area (Å²) < 4.78 is 5.75. The van der Waals surface area contributed by atoms with Gasteiger partial charge in [0, 0.05) is 22.7 Å². The predicted octanol–water partition coefficient (Wildman–Crippen LogP) is 3.43. The van der Waals surface area contributed by atoms with Gasteiger partial charge in [0.2, 0.25) is 0 Å². The number of nitrogens with two attached hydrogens (primary N) is 1. The van der Waals surface area contributed by atoms with Crippen LogP contribution in [0.4, 0.5) is 0 Å². The largest absolute Gasteiger partial charge is 0.481 e. The molecule has 3 N–H and O–H groups in total. The van der Waals surface area contributed by atoms with Crippen LogP contribution < -0.4 is 15.8 Å². The van der Waals surface area contributed by atoms with Crippen molar-refractivity contribution in [2.75, 3.05) is 0 Å². The van der Waals surface area contributed by atoms with Crippen molar-refractivity contribution in [3.8, 4) is 5.75 Å². The lowest BCUT2D eigenvalue weighted by Gasteiger charge is -2.21. The molecule has 5 heteroatoms. The Kier molecular flexibility index (Phi) is 6.99. The van der Waals surface area contributed by atoms with E-state index < -0.39 is 6.10 Å². The van der Waals surface area contributed by atoms with E-state index in [0.717, 1.165) is 18.4 Å². The van der Waals surface area contributed by atoms with Crippen LogP contribution in [0.3, 0.4) is 0 Å². The van der Waals surface area contributed by atoms with Crippen LogP contribution in [0.5, 0.6) is 5.75 Å². The summed E-state index contributed by atoms with van der Waals surface area (Å²) in [6.07, 6.45) is 1.40. The fraction of sp³-hybridized carbons (Fsp3) is 0.562. The van der Waals surface area contributed by atoms with E-state index in [1.807, 2.05) is 13.8 Å². The summed E-state index contributed by atoms with van der Waals surface area (Å²) in [5.41, 5.74) is 6.71. The van der Waals surface area contributed by atoms with Gasteiger partial charge in [-0.2, -0.15) is 0 Å². The highest BCUT2D eigenvalue weighted by Crippen LogP contribution is 2.28. The van der Waals surface area contributed by atoms with E-state index in [2.05, 4.69) is 12.2 Å². The first-order valence-electron chi connectivity index (χ1n) is 7.37. The molecule has 2 unspecified atom stereocenters. The molecule has 21 heavy (non-hydrogen) atoms. The van der Waals surface area contributed by atoms with Gasteiger partial charge in [-0.1, -0.05) is 24.9 Å². The standard InChI is InChI=1S/C16H25ClN2O2/c1-5-6-10(2)19-16(20)12(4)21-15-8-7-13(17)9-14(15)11(3)18/h7-12H,5-6,18H2,1-4H3,(H,19,20)/t10?,11-,12?/m1/s1. The zero-order valence-corrected chi connectivity index (χ0v) is 13.9. The first-order chi connectivity index (χ1) is 9.85. The minimum absolute atomic E-state index is 0.124. The van der Waals surface area contributed by atoms with Crippen LogP contribution >= 0.6 is 11.6 Å². The number of ether oxygens (including phenoxy) is 1. The van der Waals surface area contributed by atoms with Gasteiger partial charge >= 0.3 is 0 Å². The fourth-order valence-corrected chi connectivity index (χ4v) is 2.27. The van der Waals surface area contributed by atoms with E-state index in [0.29, 0.717) is 10.8 Å². The zero-order valence-electron chi connectivity index (χ0n) is 13.2. The zero-order chi connectivity index (χ0) is 16.0. The maximum absolute atomic E-state index is 12.1. The average Bonchev–Trinajstić information content (AvgIpc) is 2.40. The third-order valence-corrected chi connectivity index (χ3v) is 3.48. The number of halogens is 1. The summed E-state index contributed by atoms with van der Waals surface area (Å²) >= 11 is 5.97. The highest BCUT2D eigenvalue weighted by molar-refractivity contribution is 6.30. The monoisotopic (exact) mass is 312 g/mol. The topological polar surface area (TPSA) is 64.3 Å². The Balaban J connectivity index is 2.74. The quantitative estimate of drug-likeness (QED) is 0.810. The summed E-state index contributed by atoms with van der Waals surface area (Å²) in [5.74, 6) is 0.474. The number of carbonyl (C=O) groups is 1. The fourth-order valence-electron chi connectivity index (χ4n) is 2.09. The predicted molar refractivity (Wildman–Crippen MR) is 86.7 cm³/mol. The normalized spacial score (nSPS) is 15.1. The Labute approximate surface area is 132 Å². The molecule has 0 aliphatic heterocycles. The van der Waals surface area contributed by atoms with Crippen molar-refractivity contribution < 1.29 is 9.53 Å². The molecule has 0 bridgehead atoms. The molecule has 0 aliphatic carbocycles. The maximum Gasteiger partial charge on any atom is 0.260 e. The molecule has 0 aliphatic rings. The number of nitrogens with one attached hydrogen (secondary N) is 1. The molecule has 118 valence electrons. The maximum atomic E-state index is 12.1. The number of amides is 1. The minimum atomic E-state index is -0.581. The van der Waals surface area contributed by atoms with Crippen molar-refractivity contribution in [1.82, 2.24) is 5.32 Å². The molecule has 0 saturated carbocycles. The lowest BCUT2D eigenvalue weighted by molar-refractivity contribution is -0.127. The van der Waals surface area contributed by atoms with Crippen LogP contribution in [-0.2, 0) is 4.79 Å². The van der Waals surface area contributed by atoms with Gasteiger partial charge in [-0.3, -0.25) is 4.79 Å². The van der Waals surface area contributed by atoms with Crippen LogP contribution in [0.25, 0.3) is 0 Å². The molecule has 0 fully saturated rings. The van der Waals surface area contributed by atoms with Gasteiger partial charge in [0.25, 0.3) is 5.91 Å². The van der Waals surface area contributed by atoms with Gasteiger partial charge in [-0.15, -0.1) is 0 Å². The summed E-state index contributed by atoms with van der Waals surface area (Å²) in [6.45, 7) is 7.66. The molecule has 0 aromatic heterocycles. The minimum Gasteiger partial charge on any atom is -0.481 e. The first-order valence-corrected chi connectivity index (χ1v) is 7.75. The highest BCUT2D eigenvalue weighted by Gasteiger charge is 2.19. The molecule has 1 rings (SSSR count). The highest BCUT2D eigenvalue weighted by atomic mass is 35.5. The van der Waals surface area contributed by atoms with Gasteiger partial charge < -0.3 is 15.8 Å². The van der Waals surface area contributed by atoms with E-state index in [1.54, 1.807) is 25.1 Å². The van der Waals surface area contributed by atoms with E-state index in [4.69, 9.17) is 22.1 Å². The lowest BCUT2D eigenvalue weighted by Crippen LogP contribution is -2.41. The molecule has 0 saturated heterocycles. The van der Waals surface area contributed by atoms with Gasteiger partial charge in [-0.25, -0.2) is 0 Å². The van der Waals surface area contributed by atoms with Crippen LogP contribution in [0.15, 0.2) is 18.2 Å². The Morgan fingerprint density at radius 3 is 2.62 bits per heavy atom. The van der Waals surface area contributed by atoms with Crippen LogP contribution in [0.1, 0.15) is 52.1 Å². The van der Waals surface area contributed by atoms with Crippen molar-refractivity contribution in [2.24, 2.45) is 5.73 Å². The molecule has 1 amide bonds. The molecule has 1 aromatic carbocycles. The summed E-state index contributed by atoms with van der Waals surface area (Å²) in [4.78, 5) is 12.1. The van der Waals surface area contributed by atoms with Gasteiger partial charge in [0.15, 0.2) is 6.10 Å². The second-order valence-corrected chi connectivity index (χ2v) is 5.87. The van der Waals surface area contributed by atoms with Crippen molar-refractivity contribution in [1.29, 1.82) is 0 Å². The van der Waals surface area contributed by atoms with Crippen molar-refractivity contribution in [3.63, 3.8) is 0 Å². The molecule has 0 radical (unpaired) electrons. The average molecular weight is 313 g/mol. The van der Waals surface area contributed by atoms with Gasteiger partial charge in [0.1, 0.15) is 5.75 Å². The smallest absolute Gasteiger partial charge is 0.260 e. The number of benzene rings is 1. The Hall–Kier alpha value is -1.26. The number of carbonyl (C=O) groups excluding carboxylic acids is 1. The molecule has 0 spiro atoms. The third-order valence-electron chi connectivity index (χ3n) is 3.25. The summed E-state index contributed by atoms with van der Waals surface area (Å²) in [5, 5.41) is 3.54. The Bertz CT molecular complexity index is 477. The number of hydrogen-bond donors (Lipinski definition) is 2. The number of rotatable bonds is 7. The Morgan fingerprint density at radius 1 is 1.38 bits per heavy atom. The lowest BCUT2D eigenvalue weighted by atomic mass is 10.1. The van der Waals surface area contributed by atoms with Crippen molar-refractivity contribution in [3.05, 3.63) is 28.8 Å². The van der Waals surface area contributed by atoms with Crippen molar-refractivity contribution in [2.45, 2.75) is 58.7 Å². The van der Waals surface area contributed by atoms with Crippen molar-refractivity contribution >= 4 is 17.5 Å². The molecule has 3 atom stereocenters. The first kappa shape index (κ1) is 17.8. The molecule has 4 nitrogen and oxygen atoms in total. The third kappa shape index (κ3) is 5.56.